The molecule has 0 aromatic heterocycles. The van der Waals surface area contributed by atoms with E-state index in [1.54, 1.807) is 0 Å². The Bertz CT molecular complexity index is 114. The van der Waals surface area contributed by atoms with Gasteiger partial charge in [-0.1, -0.05) is 52.4 Å². The molecule has 0 radical (unpaired) electrons. The van der Waals surface area contributed by atoms with Gasteiger partial charge in [-0.2, -0.15) is 0 Å². The fourth-order valence-corrected chi connectivity index (χ4v) is 1.88. The van der Waals surface area contributed by atoms with E-state index in [-0.39, 0.29) is 0 Å². The number of rotatable bonds is 14. The lowest BCUT2D eigenvalue weighted by molar-refractivity contribution is 0.132. The van der Waals surface area contributed by atoms with Crippen LogP contribution in [0.2, 0.25) is 0 Å². The summed E-state index contributed by atoms with van der Waals surface area (Å²) in [5.41, 5.74) is 0. The van der Waals surface area contributed by atoms with Gasteiger partial charge in [-0.15, -0.1) is 0 Å². The predicted molar refractivity (Wildman–Crippen MR) is 76.6 cm³/mol. The molecule has 0 aliphatic rings. The molecule has 1 N–H and O–H groups in total. The second-order valence-electron chi connectivity index (χ2n) is 4.84. The molecule has 0 aliphatic carbocycles. The molecule has 2 nitrogen and oxygen atoms in total. The number of hydrogen-bond acceptors (Lipinski definition) is 2. The molecule has 0 amide bonds. The Kier molecular flexibility index (Phi) is 15.8. The standard InChI is InChI=1S/C15H33NO/c1-3-5-6-7-8-9-10-12-16-13-11-15-17-14-4-2/h16H,3-15H2,1-2H3. The molecule has 0 saturated heterocycles. The van der Waals surface area contributed by atoms with Gasteiger partial charge in [0.2, 0.25) is 0 Å². The summed E-state index contributed by atoms with van der Waals surface area (Å²) >= 11 is 0. The van der Waals surface area contributed by atoms with E-state index in [2.05, 4.69) is 19.2 Å². The third kappa shape index (κ3) is 15.9. The van der Waals surface area contributed by atoms with Crippen molar-refractivity contribution >= 4 is 0 Å². The first-order chi connectivity index (χ1) is 8.41. The van der Waals surface area contributed by atoms with Gasteiger partial charge in [-0.3, -0.25) is 0 Å². The minimum absolute atomic E-state index is 0.914. The molecule has 0 aliphatic heterocycles. The van der Waals surface area contributed by atoms with Gasteiger partial charge in [-0.25, -0.2) is 0 Å². The molecule has 0 aromatic rings. The fourth-order valence-electron chi connectivity index (χ4n) is 1.88. The van der Waals surface area contributed by atoms with Crippen LogP contribution in [-0.2, 0) is 4.74 Å². The monoisotopic (exact) mass is 243 g/mol. The van der Waals surface area contributed by atoms with Crippen molar-refractivity contribution in [3.63, 3.8) is 0 Å². The molecular formula is C15H33NO. The highest BCUT2D eigenvalue weighted by Gasteiger charge is 1.92. The summed E-state index contributed by atoms with van der Waals surface area (Å²) in [5.74, 6) is 0. The van der Waals surface area contributed by atoms with E-state index in [1.807, 2.05) is 0 Å². The minimum atomic E-state index is 0.914. The normalized spacial score (nSPS) is 10.9. The lowest BCUT2D eigenvalue weighted by atomic mass is 10.1. The molecule has 0 aromatic carbocycles. The van der Waals surface area contributed by atoms with Crippen LogP contribution in [0.15, 0.2) is 0 Å². The van der Waals surface area contributed by atoms with Crippen molar-refractivity contribution in [1.29, 1.82) is 0 Å². The first-order valence-corrected chi connectivity index (χ1v) is 7.70. The summed E-state index contributed by atoms with van der Waals surface area (Å²) < 4.78 is 5.43. The first-order valence-electron chi connectivity index (χ1n) is 7.70. The van der Waals surface area contributed by atoms with Crippen molar-refractivity contribution < 1.29 is 4.74 Å². The Morgan fingerprint density at radius 3 is 2.00 bits per heavy atom. The molecule has 0 rings (SSSR count). The molecule has 0 fully saturated rings. The summed E-state index contributed by atoms with van der Waals surface area (Å²) in [6, 6.07) is 0. The number of ether oxygens (including phenoxy) is 1. The van der Waals surface area contributed by atoms with Crippen molar-refractivity contribution in [2.75, 3.05) is 26.3 Å². The molecule has 0 bridgehead atoms. The molecule has 0 spiro atoms. The van der Waals surface area contributed by atoms with Gasteiger partial charge in [0.1, 0.15) is 0 Å². The SMILES string of the molecule is CCCCCCCCCNCCCOCCC. The van der Waals surface area contributed by atoms with Crippen molar-refractivity contribution in [1.82, 2.24) is 5.32 Å². The van der Waals surface area contributed by atoms with Crippen molar-refractivity contribution in [2.24, 2.45) is 0 Å². The summed E-state index contributed by atoms with van der Waals surface area (Å²) in [6.45, 7) is 8.55. The van der Waals surface area contributed by atoms with E-state index in [0.717, 1.165) is 32.6 Å². The highest BCUT2D eigenvalue weighted by Crippen LogP contribution is 2.06. The van der Waals surface area contributed by atoms with Crippen LogP contribution in [0, 0.1) is 0 Å². The minimum Gasteiger partial charge on any atom is -0.381 e. The quantitative estimate of drug-likeness (QED) is 0.463. The van der Waals surface area contributed by atoms with Crippen LogP contribution in [0.25, 0.3) is 0 Å². The zero-order chi connectivity index (χ0) is 12.6. The maximum absolute atomic E-state index is 5.43. The van der Waals surface area contributed by atoms with Gasteiger partial charge < -0.3 is 10.1 Å². The van der Waals surface area contributed by atoms with Crippen molar-refractivity contribution in [3.05, 3.63) is 0 Å². The zero-order valence-electron chi connectivity index (χ0n) is 12.1. The molecule has 104 valence electrons. The molecule has 0 atom stereocenters. The molecule has 17 heavy (non-hydrogen) atoms. The van der Waals surface area contributed by atoms with Crippen LogP contribution >= 0.6 is 0 Å². The van der Waals surface area contributed by atoms with Crippen LogP contribution in [0.5, 0.6) is 0 Å². The summed E-state index contributed by atoms with van der Waals surface area (Å²) in [5, 5.41) is 3.48. The highest BCUT2D eigenvalue weighted by molar-refractivity contribution is 4.50. The van der Waals surface area contributed by atoms with Crippen LogP contribution < -0.4 is 5.32 Å². The van der Waals surface area contributed by atoms with Crippen molar-refractivity contribution in [2.45, 2.75) is 71.6 Å². The van der Waals surface area contributed by atoms with E-state index in [4.69, 9.17) is 4.74 Å². The van der Waals surface area contributed by atoms with Gasteiger partial charge in [0.05, 0.1) is 0 Å². The van der Waals surface area contributed by atoms with E-state index in [1.165, 1.54) is 51.5 Å². The lowest BCUT2D eigenvalue weighted by Gasteiger charge is -2.05. The Morgan fingerprint density at radius 2 is 1.29 bits per heavy atom. The predicted octanol–water partition coefficient (Wildman–Crippen LogP) is 4.14. The Labute approximate surface area is 109 Å². The van der Waals surface area contributed by atoms with Gasteiger partial charge in [0.25, 0.3) is 0 Å². The smallest absolute Gasteiger partial charge is 0.0478 e. The topological polar surface area (TPSA) is 21.3 Å². The fraction of sp³-hybridized carbons (Fsp3) is 1.00. The lowest BCUT2D eigenvalue weighted by Crippen LogP contribution is -2.18. The van der Waals surface area contributed by atoms with E-state index >= 15 is 0 Å². The van der Waals surface area contributed by atoms with Gasteiger partial charge in [0, 0.05) is 13.2 Å². The Morgan fingerprint density at radius 1 is 0.647 bits per heavy atom. The number of unbranched alkanes of at least 4 members (excludes halogenated alkanes) is 6. The Balaban J connectivity index is 2.85. The maximum atomic E-state index is 5.43. The highest BCUT2D eigenvalue weighted by atomic mass is 16.5. The third-order valence-corrected chi connectivity index (χ3v) is 2.95. The zero-order valence-corrected chi connectivity index (χ0v) is 12.1. The maximum Gasteiger partial charge on any atom is 0.0478 e. The third-order valence-electron chi connectivity index (χ3n) is 2.95. The molecule has 0 unspecified atom stereocenters. The van der Waals surface area contributed by atoms with Crippen LogP contribution in [0.4, 0.5) is 0 Å². The molecule has 0 heterocycles. The largest absolute Gasteiger partial charge is 0.381 e. The first kappa shape index (κ1) is 16.9. The van der Waals surface area contributed by atoms with E-state index in [9.17, 15) is 0 Å². The summed E-state index contributed by atoms with van der Waals surface area (Å²) in [6.07, 6.45) is 12.0. The summed E-state index contributed by atoms with van der Waals surface area (Å²) in [7, 11) is 0. The molecule has 0 saturated carbocycles. The van der Waals surface area contributed by atoms with Crippen molar-refractivity contribution in [3.8, 4) is 0 Å². The average molecular weight is 243 g/mol. The molecule has 2 heteroatoms. The van der Waals surface area contributed by atoms with Crippen LogP contribution in [0.1, 0.15) is 71.6 Å². The van der Waals surface area contributed by atoms with E-state index < -0.39 is 0 Å². The second-order valence-corrected chi connectivity index (χ2v) is 4.84. The molecular weight excluding hydrogens is 210 g/mol. The summed E-state index contributed by atoms with van der Waals surface area (Å²) in [4.78, 5) is 0. The number of nitrogens with one attached hydrogen (secondary N) is 1. The van der Waals surface area contributed by atoms with Gasteiger partial charge >= 0.3 is 0 Å². The van der Waals surface area contributed by atoms with Crippen LogP contribution in [-0.4, -0.2) is 26.3 Å². The number of hydrogen-bond donors (Lipinski definition) is 1. The average Bonchev–Trinajstić information content (AvgIpc) is 2.35. The second kappa shape index (κ2) is 15.9. The van der Waals surface area contributed by atoms with E-state index in [0.29, 0.717) is 0 Å². The van der Waals surface area contributed by atoms with Gasteiger partial charge in [-0.05, 0) is 32.4 Å². The van der Waals surface area contributed by atoms with Gasteiger partial charge in [0.15, 0.2) is 0 Å². The Hall–Kier alpha value is -0.0800. The van der Waals surface area contributed by atoms with Crippen LogP contribution in [0.3, 0.4) is 0 Å².